The first-order valence-corrected chi connectivity index (χ1v) is 6.11. The van der Waals surface area contributed by atoms with Crippen molar-refractivity contribution in [3.63, 3.8) is 0 Å². The molecule has 0 fully saturated rings. The number of benzene rings is 1. The zero-order valence-corrected chi connectivity index (χ0v) is 10.5. The summed E-state index contributed by atoms with van der Waals surface area (Å²) in [5.74, 6) is 0.882. The highest BCUT2D eigenvalue weighted by Crippen LogP contribution is 2.22. The second kappa shape index (κ2) is 4.25. The number of aromatic nitrogens is 4. The van der Waals surface area contributed by atoms with Crippen LogP contribution in [0.15, 0.2) is 30.6 Å². The Morgan fingerprint density at radius 2 is 2.11 bits per heavy atom. The van der Waals surface area contributed by atoms with E-state index < -0.39 is 0 Å². The highest BCUT2D eigenvalue weighted by Gasteiger charge is 2.12. The summed E-state index contributed by atoms with van der Waals surface area (Å²) in [6.45, 7) is 3.10. The van der Waals surface area contributed by atoms with Crippen LogP contribution in [0.4, 0.5) is 5.82 Å². The van der Waals surface area contributed by atoms with Crippen molar-refractivity contribution >= 4 is 22.5 Å². The van der Waals surface area contributed by atoms with Gasteiger partial charge in [-0.25, -0.2) is 4.98 Å². The molecule has 3 rings (SSSR count). The maximum absolute atomic E-state index is 4.70. The van der Waals surface area contributed by atoms with Gasteiger partial charge in [0.15, 0.2) is 5.82 Å². The van der Waals surface area contributed by atoms with Gasteiger partial charge >= 0.3 is 0 Å². The number of fused-ring (bicyclic) bond motifs is 3. The summed E-state index contributed by atoms with van der Waals surface area (Å²) in [4.78, 5) is 6.82. The topological polar surface area (TPSA) is 46.3 Å². The van der Waals surface area contributed by atoms with Gasteiger partial charge in [-0.3, -0.25) is 4.40 Å². The molecule has 0 saturated carbocycles. The third kappa shape index (κ3) is 1.59. The Morgan fingerprint density at radius 1 is 1.28 bits per heavy atom. The largest absolute Gasteiger partial charge is 0.357 e. The minimum Gasteiger partial charge on any atom is -0.357 e. The lowest BCUT2D eigenvalue weighted by Gasteiger charge is -2.18. The summed E-state index contributed by atoms with van der Waals surface area (Å²) in [5.41, 5.74) is 2.80. The number of rotatable bonds is 3. The van der Waals surface area contributed by atoms with E-state index in [1.165, 1.54) is 0 Å². The lowest BCUT2D eigenvalue weighted by molar-refractivity contribution is 0.839. The molecule has 0 N–H and O–H groups in total. The van der Waals surface area contributed by atoms with Gasteiger partial charge in [0.05, 0.1) is 11.0 Å². The minimum atomic E-state index is 0.810. The van der Waals surface area contributed by atoms with Crippen molar-refractivity contribution in [3.05, 3.63) is 30.6 Å². The lowest BCUT2D eigenvalue weighted by Crippen LogP contribution is -2.20. The standard InChI is InChI=1S/C13H15N5/c1-3-8-17(2)12-13-16-14-9-18(13)11-7-5-4-6-10(11)15-12/h4-7,9H,3,8H2,1-2H3. The maximum Gasteiger partial charge on any atom is 0.204 e. The second-order valence-electron chi connectivity index (χ2n) is 4.37. The first-order valence-electron chi connectivity index (χ1n) is 6.11. The number of para-hydroxylation sites is 2. The molecular weight excluding hydrogens is 226 g/mol. The molecule has 0 unspecified atom stereocenters. The van der Waals surface area contributed by atoms with E-state index in [4.69, 9.17) is 4.98 Å². The molecule has 0 aliphatic rings. The van der Waals surface area contributed by atoms with E-state index in [0.29, 0.717) is 0 Å². The summed E-state index contributed by atoms with van der Waals surface area (Å²) >= 11 is 0. The molecule has 5 nitrogen and oxygen atoms in total. The molecule has 0 aliphatic carbocycles. The summed E-state index contributed by atoms with van der Waals surface area (Å²) in [5, 5.41) is 8.18. The van der Waals surface area contributed by atoms with Crippen LogP contribution < -0.4 is 4.90 Å². The predicted octanol–water partition coefficient (Wildman–Crippen LogP) is 2.12. The number of anilines is 1. The van der Waals surface area contributed by atoms with Crippen molar-refractivity contribution in [1.29, 1.82) is 0 Å². The molecule has 0 aliphatic heterocycles. The molecule has 0 spiro atoms. The molecule has 5 heteroatoms. The summed E-state index contributed by atoms with van der Waals surface area (Å²) in [6, 6.07) is 8.04. The van der Waals surface area contributed by atoms with Gasteiger partial charge in [-0.1, -0.05) is 19.1 Å². The van der Waals surface area contributed by atoms with E-state index in [0.717, 1.165) is 35.5 Å². The highest BCUT2D eigenvalue weighted by atomic mass is 15.3. The maximum atomic E-state index is 4.70. The Hall–Kier alpha value is -2.17. The third-order valence-electron chi connectivity index (χ3n) is 3.04. The van der Waals surface area contributed by atoms with Crippen LogP contribution in [-0.2, 0) is 0 Å². The Kier molecular flexibility index (Phi) is 2.59. The van der Waals surface area contributed by atoms with Gasteiger partial charge in [0.1, 0.15) is 6.33 Å². The molecule has 3 aromatic rings. The molecule has 18 heavy (non-hydrogen) atoms. The predicted molar refractivity (Wildman–Crippen MR) is 71.8 cm³/mol. The zero-order chi connectivity index (χ0) is 12.5. The smallest absolute Gasteiger partial charge is 0.204 e. The molecule has 0 saturated heterocycles. The fourth-order valence-electron chi connectivity index (χ4n) is 2.19. The number of hydrogen-bond acceptors (Lipinski definition) is 4. The fraction of sp³-hybridized carbons (Fsp3) is 0.308. The number of nitrogens with zero attached hydrogens (tertiary/aromatic N) is 5. The summed E-state index contributed by atoms with van der Waals surface area (Å²) in [7, 11) is 2.04. The van der Waals surface area contributed by atoms with Crippen molar-refractivity contribution in [1.82, 2.24) is 19.6 Å². The molecular formula is C13H15N5. The average Bonchev–Trinajstić information content (AvgIpc) is 2.87. The van der Waals surface area contributed by atoms with E-state index in [9.17, 15) is 0 Å². The van der Waals surface area contributed by atoms with Crippen molar-refractivity contribution in [2.75, 3.05) is 18.5 Å². The molecule has 2 aromatic heterocycles. The second-order valence-corrected chi connectivity index (χ2v) is 4.37. The van der Waals surface area contributed by atoms with E-state index in [-0.39, 0.29) is 0 Å². The van der Waals surface area contributed by atoms with E-state index in [1.807, 2.05) is 35.7 Å². The summed E-state index contributed by atoms with van der Waals surface area (Å²) < 4.78 is 1.99. The molecule has 92 valence electrons. The van der Waals surface area contributed by atoms with Crippen molar-refractivity contribution in [3.8, 4) is 0 Å². The van der Waals surface area contributed by atoms with Crippen LogP contribution in [0.2, 0.25) is 0 Å². The van der Waals surface area contributed by atoms with Gasteiger partial charge in [-0.15, -0.1) is 10.2 Å². The SMILES string of the molecule is CCCN(C)c1nc2ccccc2n2cnnc12. The Balaban J connectivity index is 2.31. The average molecular weight is 241 g/mol. The Labute approximate surface area is 105 Å². The van der Waals surface area contributed by atoms with Gasteiger partial charge in [0.25, 0.3) is 0 Å². The van der Waals surface area contributed by atoms with E-state index in [2.05, 4.69) is 22.0 Å². The highest BCUT2D eigenvalue weighted by molar-refractivity contribution is 5.82. The molecule has 0 amide bonds. The van der Waals surface area contributed by atoms with Gasteiger partial charge in [-0.2, -0.15) is 0 Å². The van der Waals surface area contributed by atoms with Gasteiger partial charge in [0, 0.05) is 13.6 Å². The first-order chi connectivity index (χ1) is 8.81. The first kappa shape index (κ1) is 11.0. The van der Waals surface area contributed by atoms with Crippen LogP contribution in [-0.4, -0.2) is 33.2 Å². The Morgan fingerprint density at radius 3 is 2.94 bits per heavy atom. The van der Waals surface area contributed by atoms with Crippen LogP contribution >= 0.6 is 0 Å². The van der Waals surface area contributed by atoms with Crippen LogP contribution in [0, 0.1) is 0 Å². The molecule has 2 heterocycles. The van der Waals surface area contributed by atoms with Crippen LogP contribution in [0.1, 0.15) is 13.3 Å². The van der Waals surface area contributed by atoms with Crippen LogP contribution in [0.25, 0.3) is 16.7 Å². The van der Waals surface area contributed by atoms with Crippen LogP contribution in [0.5, 0.6) is 0 Å². The minimum absolute atomic E-state index is 0.810. The molecule has 1 aromatic carbocycles. The number of hydrogen-bond donors (Lipinski definition) is 0. The lowest BCUT2D eigenvalue weighted by atomic mass is 10.3. The molecule has 0 radical (unpaired) electrons. The van der Waals surface area contributed by atoms with Gasteiger partial charge in [-0.05, 0) is 18.6 Å². The normalized spacial score (nSPS) is 11.2. The third-order valence-corrected chi connectivity index (χ3v) is 3.04. The van der Waals surface area contributed by atoms with Crippen molar-refractivity contribution < 1.29 is 0 Å². The summed E-state index contributed by atoms with van der Waals surface area (Å²) in [6.07, 6.45) is 2.81. The van der Waals surface area contributed by atoms with Gasteiger partial charge in [0.2, 0.25) is 5.65 Å². The Bertz CT molecular complexity index is 688. The van der Waals surface area contributed by atoms with E-state index in [1.54, 1.807) is 6.33 Å². The molecule has 0 atom stereocenters. The van der Waals surface area contributed by atoms with Crippen LogP contribution in [0.3, 0.4) is 0 Å². The van der Waals surface area contributed by atoms with Crippen molar-refractivity contribution in [2.24, 2.45) is 0 Å². The quantitative estimate of drug-likeness (QED) is 0.704. The fourth-order valence-corrected chi connectivity index (χ4v) is 2.19. The monoisotopic (exact) mass is 241 g/mol. The zero-order valence-electron chi connectivity index (χ0n) is 10.5. The van der Waals surface area contributed by atoms with E-state index >= 15 is 0 Å². The molecule has 0 bridgehead atoms. The van der Waals surface area contributed by atoms with Gasteiger partial charge < -0.3 is 4.90 Å². The van der Waals surface area contributed by atoms with Crippen molar-refractivity contribution in [2.45, 2.75) is 13.3 Å².